The summed E-state index contributed by atoms with van der Waals surface area (Å²) in [6.07, 6.45) is -1.89. The Labute approximate surface area is 256 Å². The largest absolute Gasteiger partial charge is 0.485 e. The van der Waals surface area contributed by atoms with Crippen LogP contribution in [0.1, 0.15) is 36.8 Å². The fourth-order valence-electron chi connectivity index (χ4n) is 6.20. The van der Waals surface area contributed by atoms with Crippen molar-refractivity contribution < 1.29 is 33.7 Å². The molecule has 0 radical (unpaired) electrons. The van der Waals surface area contributed by atoms with Gasteiger partial charge in [-0.05, 0) is 64.5 Å². The number of Topliss-reactive ketones (excluding diaryl/α,β-unsaturated/α-hetero) is 1. The lowest BCUT2D eigenvalue weighted by atomic mass is 9.93. The van der Waals surface area contributed by atoms with Crippen molar-refractivity contribution in [3.05, 3.63) is 46.2 Å². The molecular weight excluding hydrogens is 622 g/mol. The predicted octanol–water partition coefficient (Wildman–Crippen LogP) is 2.73. The Balaban J connectivity index is 1.22. The number of benzene rings is 1. The number of aliphatic hydroxyl groups is 1. The highest BCUT2D eigenvalue weighted by molar-refractivity contribution is 9.10. The van der Waals surface area contributed by atoms with Gasteiger partial charge in [-0.2, -0.15) is 5.10 Å². The highest BCUT2D eigenvalue weighted by Gasteiger charge is 2.48. The molecule has 228 valence electrons. The van der Waals surface area contributed by atoms with E-state index in [1.807, 2.05) is 26.8 Å². The molecule has 2 aromatic heterocycles. The number of nitrogens with zero attached hydrogens (tertiary/aromatic N) is 4. The number of pyridine rings is 1. The van der Waals surface area contributed by atoms with Gasteiger partial charge in [-0.25, -0.2) is 4.98 Å². The molecule has 3 aromatic rings. The van der Waals surface area contributed by atoms with Gasteiger partial charge in [0.2, 0.25) is 11.8 Å². The standard InChI is InChI=1S/C30H34BrN5O7/c1-14-5-8-23(31)32-29(14)33-30(40)26-16(3)15(2)10-35(26)24(39)11-36-20-7-6-18(9-19(20)25(34-36)17(4)37)43-22-13-42-27-21(38)12-41-28(22)27/h5-9,15-16,21-22,26-28,38H,10-13H2,1-4H3,(H,32,33,40)/t15-,16-,21-,22-,26+,27-,28-/m1/s1. The molecule has 0 unspecified atom stereocenters. The molecule has 3 aliphatic heterocycles. The first-order valence-corrected chi connectivity index (χ1v) is 15.1. The number of carbonyl (C=O) groups excluding carboxylic acids is 3. The minimum atomic E-state index is -0.689. The summed E-state index contributed by atoms with van der Waals surface area (Å²) in [6.45, 7) is 8.01. The van der Waals surface area contributed by atoms with Crippen molar-refractivity contribution in [3.63, 3.8) is 0 Å². The Morgan fingerprint density at radius 2 is 1.91 bits per heavy atom. The van der Waals surface area contributed by atoms with E-state index in [0.717, 1.165) is 5.56 Å². The number of aryl methyl sites for hydroxylation is 1. The zero-order chi connectivity index (χ0) is 30.6. The molecule has 43 heavy (non-hydrogen) atoms. The minimum Gasteiger partial charge on any atom is -0.485 e. The second kappa shape index (κ2) is 11.6. The summed E-state index contributed by atoms with van der Waals surface area (Å²) < 4.78 is 19.6. The molecule has 0 spiro atoms. The monoisotopic (exact) mass is 655 g/mol. The number of halogens is 1. The number of amides is 2. The number of hydrogen-bond acceptors (Lipinski definition) is 9. The quantitative estimate of drug-likeness (QED) is 0.290. The molecule has 6 rings (SSSR count). The van der Waals surface area contributed by atoms with Crippen LogP contribution in [-0.4, -0.2) is 92.6 Å². The summed E-state index contributed by atoms with van der Waals surface area (Å²) in [5, 5.41) is 18.0. The number of aromatic nitrogens is 3. The van der Waals surface area contributed by atoms with E-state index in [2.05, 4.69) is 31.3 Å². The zero-order valence-corrected chi connectivity index (χ0v) is 25.9. The number of likely N-dealkylation sites (tertiary alicyclic amines) is 1. The maximum Gasteiger partial charge on any atom is 0.248 e. The van der Waals surface area contributed by atoms with Crippen LogP contribution in [0.2, 0.25) is 0 Å². The van der Waals surface area contributed by atoms with Crippen LogP contribution >= 0.6 is 15.9 Å². The number of ketones is 1. The van der Waals surface area contributed by atoms with Gasteiger partial charge in [0, 0.05) is 18.9 Å². The third kappa shape index (κ3) is 5.54. The number of hydrogen-bond donors (Lipinski definition) is 2. The van der Waals surface area contributed by atoms with Crippen LogP contribution < -0.4 is 10.1 Å². The van der Waals surface area contributed by atoms with Gasteiger partial charge in [0.15, 0.2) is 11.9 Å². The Morgan fingerprint density at radius 1 is 1.14 bits per heavy atom. The number of aliphatic hydroxyl groups excluding tert-OH is 1. The number of fused-ring (bicyclic) bond motifs is 2. The molecule has 2 N–H and O–H groups in total. The van der Waals surface area contributed by atoms with Crippen LogP contribution in [0.5, 0.6) is 5.75 Å². The van der Waals surface area contributed by atoms with E-state index in [1.165, 1.54) is 11.6 Å². The van der Waals surface area contributed by atoms with Crippen molar-refractivity contribution in [3.8, 4) is 5.75 Å². The summed E-state index contributed by atoms with van der Waals surface area (Å²) in [6, 6.07) is 8.20. The maximum absolute atomic E-state index is 13.8. The van der Waals surface area contributed by atoms with E-state index >= 15 is 0 Å². The van der Waals surface area contributed by atoms with Crippen molar-refractivity contribution in [1.29, 1.82) is 0 Å². The van der Waals surface area contributed by atoms with Crippen molar-refractivity contribution in [1.82, 2.24) is 19.7 Å². The van der Waals surface area contributed by atoms with Crippen LogP contribution in [0.3, 0.4) is 0 Å². The van der Waals surface area contributed by atoms with Crippen molar-refractivity contribution in [2.75, 3.05) is 25.1 Å². The third-order valence-corrected chi connectivity index (χ3v) is 9.16. The van der Waals surface area contributed by atoms with Gasteiger partial charge in [-0.15, -0.1) is 0 Å². The number of anilines is 1. The SMILES string of the molecule is CC(=O)c1nn(CC(=O)N2C[C@@H](C)[C@@H](C)[C@H]2C(=O)Nc2nc(Br)ccc2C)c2ccc(O[C@@H]3CO[C@H]4[C@@H]3OC[C@H]4O)cc12. The van der Waals surface area contributed by atoms with E-state index < -0.39 is 24.4 Å². The molecule has 3 saturated heterocycles. The summed E-state index contributed by atoms with van der Waals surface area (Å²) in [5.74, 6) is 0.127. The van der Waals surface area contributed by atoms with Crippen molar-refractivity contribution >= 4 is 50.2 Å². The average molecular weight is 657 g/mol. The molecule has 1 aromatic carbocycles. The van der Waals surface area contributed by atoms with E-state index in [1.54, 1.807) is 29.2 Å². The summed E-state index contributed by atoms with van der Waals surface area (Å²) >= 11 is 3.35. The lowest BCUT2D eigenvalue weighted by Gasteiger charge is -2.26. The third-order valence-electron chi connectivity index (χ3n) is 8.72. The summed E-state index contributed by atoms with van der Waals surface area (Å²) in [5.41, 5.74) is 1.62. The molecule has 2 amide bonds. The highest BCUT2D eigenvalue weighted by Crippen LogP contribution is 2.33. The van der Waals surface area contributed by atoms with E-state index in [-0.39, 0.29) is 61.0 Å². The average Bonchev–Trinajstić information content (AvgIpc) is 3.71. The lowest BCUT2D eigenvalue weighted by Crippen LogP contribution is -2.46. The molecule has 7 atom stereocenters. The fourth-order valence-corrected chi connectivity index (χ4v) is 6.50. The van der Waals surface area contributed by atoms with Crippen LogP contribution in [0.25, 0.3) is 10.9 Å². The summed E-state index contributed by atoms with van der Waals surface area (Å²) in [7, 11) is 0. The van der Waals surface area contributed by atoms with Gasteiger partial charge >= 0.3 is 0 Å². The van der Waals surface area contributed by atoms with Crippen LogP contribution in [0.15, 0.2) is 34.9 Å². The molecule has 0 saturated carbocycles. The van der Waals surface area contributed by atoms with Gasteiger partial charge in [-0.1, -0.05) is 19.9 Å². The Kier molecular flexibility index (Phi) is 8.01. The summed E-state index contributed by atoms with van der Waals surface area (Å²) in [4.78, 5) is 45.8. The molecule has 3 fully saturated rings. The molecule has 5 heterocycles. The fraction of sp³-hybridized carbons (Fsp3) is 0.500. The minimum absolute atomic E-state index is 0.0811. The molecule has 0 bridgehead atoms. The number of rotatable bonds is 7. The van der Waals surface area contributed by atoms with Crippen LogP contribution in [0.4, 0.5) is 5.82 Å². The number of ether oxygens (including phenoxy) is 3. The van der Waals surface area contributed by atoms with E-state index in [4.69, 9.17) is 14.2 Å². The maximum atomic E-state index is 13.8. The zero-order valence-electron chi connectivity index (χ0n) is 24.3. The number of carbonyl (C=O) groups is 3. The second-order valence-electron chi connectivity index (χ2n) is 11.7. The molecular formula is C30H34BrN5O7. The molecule has 12 nitrogen and oxygen atoms in total. The first-order chi connectivity index (χ1) is 20.5. The normalized spacial score (nSPS) is 28.3. The van der Waals surface area contributed by atoms with Crippen molar-refractivity contribution in [2.24, 2.45) is 11.8 Å². The smallest absolute Gasteiger partial charge is 0.248 e. The van der Waals surface area contributed by atoms with Crippen molar-refractivity contribution in [2.45, 2.75) is 64.7 Å². The topological polar surface area (TPSA) is 145 Å². The van der Waals surface area contributed by atoms with Gasteiger partial charge in [0.25, 0.3) is 0 Å². The van der Waals surface area contributed by atoms with E-state index in [0.29, 0.717) is 33.6 Å². The van der Waals surface area contributed by atoms with Gasteiger partial charge in [0.05, 0.1) is 18.7 Å². The van der Waals surface area contributed by atoms with E-state index in [9.17, 15) is 19.5 Å². The molecule has 13 heteroatoms. The first kappa shape index (κ1) is 29.7. The second-order valence-corrected chi connectivity index (χ2v) is 12.5. The lowest BCUT2D eigenvalue weighted by molar-refractivity contribution is -0.138. The molecule has 3 aliphatic rings. The Morgan fingerprint density at radius 3 is 2.67 bits per heavy atom. The first-order valence-electron chi connectivity index (χ1n) is 14.3. The molecule has 0 aliphatic carbocycles. The van der Waals surface area contributed by atoms with Crippen LogP contribution in [-0.2, 0) is 25.6 Å². The predicted molar refractivity (Wildman–Crippen MR) is 159 cm³/mol. The Bertz CT molecular complexity index is 1590. The number of nitrogens with one attached hydrogen (secondary N) is 1. The Hall–Kier alpha value is -3.39. The van der Waals surface area contributed by atoms with Gasteiger partial charge < -0.3 is 29.5 Å². The van der Waals surface area contributed by atoms with Gasteiger partial charge in [-0.3, -0.25) is 19.1 Å². The van der Waals surface area contributed by atoms with Gasteiger partial charge in [0.1, 0.15) is 52.8 Å². The van der Waals surface area contributed by atoms with Crippen LogP contribution in [0, 0.1) is 18.8 Å². The highest BCUT2D eigenvalue weighted by atomic mass is 79.9.